The van der Waals surface area contributed by atoms with Crippen molar-refractivity contribution in [3.8, 4) is 0 Å². The molecule has 58 valence electrons. The van der Waals surface area contributed by atoms with E-state index in [9.17, 15) is 9.59 Å². The molecule has 0 unspecified atom stereocenters. The highest BCUT2D eigenvalue weighted by molar-refractivity contribution is 5.78. The van der Waals surface area contributed by atoms with Crippen LogP contribution >= 0.6 is 0 Å². The Balaban J connectivity index is 4.13. The van der Waals surface area contributed by atoms with Crippen molar-refractivity contribution in [1.82, 2.24) is 0 Å². The van der Waals surface area contributed by atoms with E-state index >= 15 is 0 Å². The molecule has 2 N–H and O–H groups in total. The number of hydrogen-bond donors (Lipinski definition) is 2. The average Bonchev–Trinajstić information content (AvgIpc) is 1.60. The van der Waals surface area contributed by atoms with Crippen LogP contribution in [0.2, 0.25) is 0 Å². The Labute approximate surface area is 57.2 Å². The smallest absolute Gasteiger partial charge is 0.478 e. The molecule has 0 fully saturated rings. The monoisotopic (exact) mass is 148 g/mol. The van der Waals surface area contributed by atoms with Crippen LogP contribution in [0, 0.1) is 0 Å². The van der Waals surface area contributed by atoms with Crippen LogP contribution in [-0.4, -0.2) is 27.9 Å². The van der Waals surface area contributed by atoms with Gasteiger partial charge in [0.05, 0.1) is 0 Å². The lowest BCUT2D eigenvalue weighted by Gasteiger charge is -2.16. The molecule has 0 aromatic rings. The fourth-order valence-corrected chi connectivity index (χ4v) is 0.262. The largest absolute Gasteiger partial charge is 0.506 e. The first-order chi connectivity index (χ1) is 4.36. The molecule has 5 nitrogen and oxygen atoms in total. The van der Waals surface area contributed by atoms with Gasteiger partial charge in [-0.2, -0.15) is 0 Å². The molecule has 0 radical (unpaired) electrons. The topological polar surface area (TPSA) is 83.8 Å². The van der Waals surface area contributed by atoms with E-state index in [1.807, 2.05) is 0 Å². The van der Waals surface area contributed by atoms with Crippen LogP contribution in [0.5, 0.6) is 0 Å². The van der Waals surface area contributed by atoms with E-state index in [0.717, 1.165) is 13.8 Å². The Morgan fingerprint density at radius 2 is 1.70 bits per heavy atom. The van der Waals surface area contributed by atoms with Crippen molar-refractivity contribution >= 4 is 12.1 Å². The zero-order valence-corrected chi connectivity index (χ0v) is 5.62. The summed E-state index contributed by atoms with van der Waals surface area (Å²) in [6.07, 6.45) is -1.59. The Morgan fingerprint density at radius 3 is 1.80 bits per heavy atom. The second-order valence-electron chi connectivity index (χ2n) is 2.18. The van der Waals surface area contributed by atoms with Gasteiger partial charge in [-0.05, 0) is 13.8 Å². The SMILES string of the molecule is CC(C)(OC(=O)O)C(=O)O. The minimum absolute atomic E-state index is 1.16. The molecule has 0 aromatic carbocycles. The molecule has 0 heterocycles. The van der Waals surface area contributed by atoms with Gasteiger partial charge in [0.2, 0.25) is 5.60 Å². The van der Waals surface area contributed by atoms with E-state index in [1.165, 1.54) is 0 Å². The number of hydrogen-bond acceptors (Lipinski definition) is 3. The van der Waals surface area contributed by atoms with Crippen molar-refractivity contribution in [2.75, 3.05) is 0 Å². The molecule has 0 aliphatic rings. The lowest BCUT2D eigenvalue weighted by molar-refractivity contribution is -0.156. The van der Waals surface area contributed by atoms with E-state index < -0.39 is 17.7 Å². The molecule has 0 aliphatic heterocycles. The van der Waals surface area contributed by atoms with Gasteiger partial charge < -0.3 is 14.9 Å². The highest BCUT2D eigenvalue weighted by Crippen LogP contribution is 2.08. The number of ether oxygens (including phenoxy) is 1. The van der Waals surface area contributed by atoms with Crippen molar-refractivity contribution in [2.24, 2.45) is 0 Å². The lowest BCUT2D eigenvalue weighted by atomic mass is 10.1. The summed E-state index contributed by atoms with van der Waals surface area (Å²) >= 11 is 0. The Bertz CT molecular complexity index is 159. The van der Waals surface area contributed by atoms with E-state index in [0.29, 0.717) is 0 Å². The van der Waals surface area contributed by atoms with E-state index in [1.54, 1.807) is 0 Å². The van der Waals surface area contributed by atoms with E-state index in [4.69, 9.17) is 10.2 Å². The van der Waals surface area contributed by atoms with Gasteiger partial charge in [0, 0.05) is 0 Å². The van der Waals surface area contributed by atoms with Crippen LogP contribution in [0.15, 0.2) is 0 Å². The zero-order valence-electron chi connectivity index (χ0n) is 5.62. The Morgan fingerprint density at radius 1 is 1.30 bits per heavy atom. The summed E-state index contributed by atoms with van der Waals surface area (Å²) in [6, 6.07) is 0. The highest BCUT2D eigenvalue weighted by Gasteiger charge is 2.31. The Hall–Kier alpha value is -1.26. The molecule has 0 bridgehead atoms. The summed E-state index contributed by atoms with van der Waals surface area (Å²) in [5.74, 6) is -1.31. The zero-order chi connectivity index (χ0) is 8.36. The van der Waals surface area contributed by atoms with Gasteiger partial charge in [-0.25, -0.2) is 9.59 Å². The molecule has 0 rings (SSSR count). The van der Waals surface area contributed by atoms with E-state index in [2.05, 4.69) is 4.74 Å². The van der Waals surface area contributed by atoms with Gasteiger partial charge in [-0.3, -0.25) is 0 Å². The summed E-state index contributed by atoms with van der Waals surface area (Å²) < 4.78 is 4.02. The summed E-state index contributed by atoms with van der Waals surface area (Å²) in [5.41, 5.74) is -1.66. The van der Waals surface area contributed by atoms with Crippen LogP contribution in [0.4, 0.5) is 4.79 Å². The van der Waals surface area contributed by atoms with Crippen molar-refractivity contribution in [3.05, 3.63) is 0 Å². The third-order valence-corrected chi connectivity index (χ3v) is 0.858. The second-order valence-corrected chi connectivity index (χ2v) is 2.18. The normalized spacial score (nSPS) is 10.6. The first-order valence-electron chi connectivity index (χ1n) is 2.51. The second kappa shape index (κ2) is 2.55. The first-order valence-corrected chi connectivity index (χ1v) is 2.51. The maximum absolute atomic E-state index is 10.2. The minimum atomic E-state index is -1.66. The third kappa shape index (κ3) is 2.34. The highest BCUT2D eigenvalue weighted by atomic mass is 16.7. The third-order valence-electron chi connectivity index (χ3n) is 0.858. The van der Waals surface area contributed by atoms with Gasteiger partial charge in [0.1, 0.15) is 0 Å². The summed E-state index contributed by atoms with van der Waals surface area (Å²) in [4.78, 5) is 20.0. The number of carboxylic acid groups (broad SMARTS) is 2. The fraction of sp³-hybridized carbons (Fsp3) is 0.600. The van der Waals surface area contributed by atoms with Crippen LogP contribution in [0.25, 0.3) is 0 Å². The molecule has 0 saturated heterocycles. The molecule has 0 spiro atoms. The van der Waals surface area contributed by atoms with Gasteiger partial charge in [-0.15, -0.1) is 0 Å². The number of carboxylic acids is 1. The molecule has 0 aromatic heterocycles. The summed E-state index contributed by atoms with van der Waals surface area (Å²) in [7, 11) is 0. The molecular weight excluding hydrogens is 140 g/mol. The number of carbonyl (C=O) groups is 2. The molecule has 0 atom stereocenters. The standard InChI is InChI=1S/C5H8O5/c1-5(2,3(6)7)10-4(8)9/h1-2H3,(H,6,7)(H,8,9). The minimum Gasteiger partial charge on any atom is -0.478 e. The number of rotatable bonds is 2. The van der Waals surface area contributed by atoms with E-state index in [-0.39, 0.29) is 0 Å². The van der Waals surface area contributed by atoms with Crippen molar-refractivity contribution in [3.63, 3.8) is 0 Å². The van der Waals surface area contributed by atoms with Gasteiger partial charge >= 0.3 is 12.1 Å². The van der Waals surface area contributed by atoms with Crippen molar-refractivity contribution in [2.45, 2.75) is 19.4 Å². The fourth-order valence-electron chi connectivity index (χ4n) is 0.262. The molecule has 0 aliphatic carbocycles. The predicted molar refractivity (Wildman–Crippen MR) is 30.8 cm³/mol. The molecule has 0 amide bonds. The summed E-state index contributed by atoms with van der Waals surface area (Å²) in [5, 5.41) is 16.3. The maximum Gasteiger partial charge on any atom is 0.506 e. The first kappa shape index (κ1) is 8.74. The summed E-state index contributed by atoms with van der Waals surface area (Å²) in [6.45, 7) is 2.31. The molecular formula is C5H8O5. The molecule has 10 heavy (non-hydrogen) atoms. The Kier molecular flexibility index (Phi) is 2.23. The predicted octanol–water partition coefficient (Wildman–Crippen LogP) is 0.544. The molecule has 5 heteroatoms. The number of aliphatic carboxylic acids is 1. The van der Waals surface area contributed by atoms with Crippen molar-refractivity contribution in [1.29, 1.82) is 0 Å². The van der Waals surface area contributed by atoms with Crippen LogP contribution in [0.1, 0.15) is 13.8 Å². The quantitative estimate of drug-likeness (QED) is 0.558. The lowest BCUT2D eigenvalue weighted by Crippen LogP contribution is -2.36. The van der Waals surface area contributed by atoms with Crippen LogP contribution in [0.3, 0.4) is 0 Å². The van der Waals surface area contributed by atoms with Crippen molar-refractivity contribution < 1.29 is 24.5 Å². The van der Waals surface area contributed by atoms with Gasteiger partial charge in [0.15, 0.2) is 0 Å². The van der Waals surface area contributed by atoms with Crippen LogP contribution < -0.4 is 0 Å². The molecule has 0 saturated carbocycles. The average molecular weight is 148 g/mol. The van der Waals surface area contributed by atoms with Crippen LogP contribution in [-0.2, 0) is 9.53 Å². The van der Waals surface area contributed by atoms with Gasteiger partial charge in [-0.1, -0.05) is 0 Å². The maximum atomic E-state index is 10.2. The van der Waals surface area contributed by atoms with Gasteiger partial charge in [0.25, 0.3) is 0 Å².